The second-order valence-electron chi connectivity index (χ2n) is 8.52. The number of aliphatic hydroxyl groups is 1. The minimum Gasteiger partial charge on any atom is -0.493 e. The lowest BCUT2D eigenvalue weighted by Gasteiger charge is -2.30. The second kappa shape index (κ2) is 11.1. The normalized spacial score (nSPS) is 16.0. The zero-order valence-corrected chi connectivity index (χ0v) is 18.3. The van der Waals surface area contributed by atoms with E-state index in [9.17, 15) is 14.7 Å². The summed E-state index contributed by atoms with van der Waals surface area (Å²) in [6, 6.07) is 7.36. The molecule has 0 aliphatic carbocycles. The van der Waals surface area contributed by atoms with Crippen molar-refractivity contribution in [3.8, 4) is 5.75 Å². The van der Waals surface area contributed by atoms with Gasteiger partial charge in [0.05, 0.1) is 19.8 Å². The summed E-state index contributed by atoms with van der Waals surface area (Å²) in [6.45, 7) is 7.61. The lowest BCUT2D eigenvalue weighted by Crippen LogP contribution is -2.39. The van der Waals surface area contributed by atoms with Crippen LogP contribution in [-0.2, 0) is 9.47 Å². The molecule has 2 N–H and O–H groups in total. The van der Waals surface area contributed by atoms with Crippen molar-refractivity contribution >= 4 is 12.2 Å². The van der Waals surface area contributed by atoms with Gasteiger partial charge in [-0.1, -0.05) is 12.1 Å². The molecule has 0 aromatic heterocycles. The molecule has 1 atom stereocenters. The summed E-state index contributed by atoms with van der Waals surface area (Å²) in [7, 11) is 1.40. The van der Waals surface area contributed by atoms with E-state index in [4.69, 9.17) is 14.2 Å². The summed E-state index contributed by atoms with van der Waals surface area (Å²) in [5, 5.41) is 13.1. The Kier molecular flexibility index (Phi) is 8.77. The molecule has 1 saturated heterocycles. The summed E-state index contributed by atoms with van der Waals surface area (Å²) >= 11 is 0. The van der Waals surface area contributed by atoms with Crippen molar-refractivity contribution in [2.75, 3.05) is 33.4 Å². The van der Waals surface area contributed by atoms with Gasteiger partial charge in [0.2, 0.25) is 0 Å². The minimum atomic E-state index is -0.716. The number of nitrogens with zero attached hydrogens (tertiary/aromatic N) is 1. The number of amides is 2. The number of benzene rings is 1. The molecule has 0 bridgehead atoms. The summed E-state index contributed by atoms with van der Waals surface area (Å²) in [5.41, 5.74) is 0.184. The Hall–Kier alpha value is -2.48. The van der Waals surface area contributed by atoms with E-state index in [1.807, 2.05) is 24.3 Å². The third-order valence-corrected chi connectivity index (χ3v) is 4.86. The fourth-order valence-corrected chi connectivity index (χ4v) is 3.23. The Bertz CT molecular complexity index is 695. The van der Waals surface area contributed by atoms with Gasteiger partial charge in [0, 0.05) is 19.6 Å². The van der Waals surface area contributed by atoms with Crippen molar-refractivity contribution in [1.82, 2.24) is 10.2 Å². The van der Waals surface area contributed by atoms with Gasteiger partial charge in [0.25, 0.3) is 0 Å². The van der Waals surface area contributed by atoms with Crippen LogP contribution in [0.25, 0.3) is 0 Å². The molecule has 8 nitrogen and oxygen atoms in total. The van der Waals surface area contributed by atoms with E-state index in [1.165, 1.54) is 7.11 Å². The molecule has 1 aliphatic rings. The van der Waals surface area contributed by atoms with Crippen LogP contribution in [-0.4, -0.2) is 61.1 Å². The van der Waals surface area contributed by atoms with Gasteiger partial charge in [-0.2, -0.15) is 0 Å². The Labute approximate surface area is 178 Å². The number of carbonyl (C=O) groups excluding carboxylic acids is 2. The fraction of sp³-hybridized carbons (Fsp3) is 0.636. The number of piperidine rings is 1. The molecular formula is C22H34N2O6. The molecule has 0 radical (unpaired) electrons. The highest BCUT2D eigenvalue weighted by Crippen LogP contribution is 2.24. The molecule has 1 fully saturated rings. The van der Waals surface area contributed by atoms with E-state index in [0.717, 1.165) is 18.4 Å². The lowest BCUT2D eigenvalue weighted by atomic mass is 9.98. The molecular weight excluding hydrogens is 388 g/mol. The van der Waals surface area contributed by atoms with Crippen LogP contribution in [0.1, 0.15) is 51.7 Å². The number of hydrogen-bond donors (Lipinski definition) is 2. The standard InChI is InChI=1S/C22H34N2O6/c1-22(2,3)30-20(26)23-11-8-19(25)17-6-5-7-18(14-17)29-15-16-9-12-24(13-10-16)21(27)28-4/h5-7,14,16,19,25H,8-13,15H2,1-4H3,(H,23,26)/t19-/m1/s1. The Balaban J connectivity index is 1.75. The van der Waals surface area contributed by atoms with E-state index in [-0.39, 0.29) is 6.09 Å². The van der Waals surface area contributed by atoms with E-state index >= 15 is 0 Å². The molecule has 1 aromatic carbocycles. The van der Waals surface area contributed by atoms with Crippen LogP contribution in [0.15, 0.2) is 24.3 Å². The molecule has 1 aromatic rings. The van der Waals surface area contributed by atoms with Gasteiger partial charge in [-0.3, -0.25) is 0 Å². The third kappa shape index (κ3) is 8.10. The Morgan fingerprint density at radius 1 is 1.27 bits per heavy atom. The van der Waals surface area contributed by atoms with Gasteiger partial charge in [-0.25, -0.2) is 9.59 Å². The number of ether oxygens (including phenoxy) is 3. The number of rotatable bonds is 7. The van der Waals surface area contributed by atoms with Gasteiger partial charge in [0.1, 0.15) is 11.4 Å². The lowest BCUT2D eigenvalue weighted by molar-refractivity contribution is 0.0518. The van der Waals surface area contributed by atoms with Crippen molar-refractivity contribution in [3.05, 3.63) is 29.8 Å². The number of hydrogen-bond acceptors (Lipinski definition) is 6. The molecule has 0 spiro atoms. The number of alkyl carbamates (subject to hydrolysis) is 1. The summed E-state index contributed by atoms with van der Waals surface area (Å²) in [5.74, 6) is 1.07. The maximum Gasteiger partial charge on any atom is 0.409 e. The molecule has 168 valence electrons. The predicted octanol–water partition coefficient (Wildman–Crippen LogP) is 3.49. The largest absolute Gasteiger partial charge is 0.493 e. The SMILES string of the molecule is COC(=O)N1CCC(COc2cccc([C@H](O)CCNC(=O)OC(C)(C)C)c2)CC1. The molecule has 2 amide bonds. The van der Waals surface area contributed by atoms with Crippen LogP contribution in [0.5, 0.6) is 5.75 Å². The maximum atomic E-state index is 11.7. The van der Waals surface area contributed by atoms with Crippen LogP contribution >= 0.6 is 0 Å². The monoisotopic (exact) mass is 422 g/mol. The first kappa shape index (κ1) is 23.8. The average Bonchev–Trinajstić information content (AvgIpc) is 2.71. The first-order valence-corrected chi connectivity index (χ1v) is 10.4. The first-order chi connectivity index (χ1) is 14.2. The van der Waals surface area contributed by atoms with Crippen LogP contribution in [0.4, 0.5) is 9.59 Å². The highest BCUT2D eigenvalue weighted by molar-refractivity contribution is 5.67. The van der Waals surface area contributed by atoms with Crippen molar-refractivity contribution in [3.63, 3.8) is 0 Å². The zero-order chi connectivity index (χ0) is 22.1. The van der Waals surface area contributed by atoms with Gasteiger partial charge < -0.3 is 29.5 Å². The molecule has 0 saturated carbocycles. The predicted molar refractivity (Wildman–Crippen MR) is 112 cm³/mol. The van der Waals surface area contributed by atoms with Crippen molar-refractivity contribution in [2.24, 2.45) is 5.92 Å². The summed E-state index contributed by atoms with van der Waals surface area (Å²) in [4.78, 5) is 24.9. The van der Waals surface area contributed by atoms with Crippen LogP contribution in [0, 0.1) is 5.92 Å². The van der Waals surface area contributed by atoms with Gasteiger partial charge in [-0.05, 0) is 63.6 Å². The summed E-state index contributed by atoms with van der Waals surface area (Å²) in [6.07, 6.45) is 0.616. The number of methoxy groups -OCH3 is 1. The van der Waals surface area contributed by atoms with Crippen LogP contribution < -0.4 is 10.1 Å². The first-order valence-electron chi connectivity index (χ1n) is 10.4. The quantitative estimate of drug-likeness (QED) is 0.698. The van der Waals surface area contributed by atoms with E-state index in [1.54, 1.807) is 25.7 Å². The Morgan fingerprint density at radius 3 is 2.60 bits per heavy atom. The number of aliphatic hydroxyl groups excluding tert-OH is 1. The molecule has 30 heavy (non-hydrogen) atoms. The molecule has 1 heterocycles. The number of nitrogens with one attached hydrogen (secondary N) is 1. The average molecular weight is 423 g/mol. The van der Waals surface area contributed by atoms with Gasteiger partial charge >= 0.3 is 12.2 Å². The summed E-state index contributed by atoms with van der Waals surface area (Å²) < 4.78 is 15.9. The molecule has 2 rings (SSSR count). The van der Waals surface area contributed by atoms with E-state index < -0.39 is 17.8 Å². The van der Waals surface area contributed by atoms with Gasteiger partial charge in [-0.15, -0.1) is 0 Å². The number of carbonyl (C=O) groups is 2. The van der Waals surface area contributed by atoms with Crippen molar-refractivity contribution in [2.45, 2.75) is 51.7 Å². The number of likely N-dealkylation sites (tertiary alicyclic amines) is 1. The zero-order valence-electron chi connectivity index (χ0n) is 18.3. The molecule has 1 aliphatic heterocycles. The van der Waals surface area contributed by atoms with Crippen LogP contribution in [0.2, 0.25) is 0 Å². The van der Waals surface area contributed by atoms with Crippen LogP contribution in [0.3, 0.4) is 0 Å². The second-order valence-corrected chi connectivity index (χ2v) is 8.52. The van der Waals surface area contributed by atoms with Crippen molar-refractivity contribution < 1.29 is 28.9 Å². The molecule has 8 heteroatoms. The van der Waals surface area contributed by atoms with E-state index in [0.29, 0.717) is 44.3 Å². The minimum absolute atomic E-state index is 0.280. The topological polar surface area (TPSA) is 97.3 Å². The maximum absolute atomic E-state index is 11.7. The third-order valence-electron chi connectivity index (χ3n) is 4.86. The van der Waals surface area contributed by atoms with E-state index in [2.05, 4.69) is 5.32 Å². The molecule has 0 unspecified atom stereocenters. The smallest absolute Gasteiger partial charge is 0.409 e. The highest BCUT2D eigenvalue weighted by atomic mass is 16.6. The Morgan fingerprint density at radius 2 is 1.97 bits per heavy atom. The highest BCUT2D eigenvalue weighted by Gasteiger charge is 2.23. The van der Waals surface area contributed by atoms with Crippen molar-refractivity contribution in [1.29, 1.82) is 0 Å². The fourth-order valence-electron chi connectivity index (χ4n) is 3.23. The van der Waals surface area contributed by atoms with Gasteiger partial charge in [0.15, 0.2) is 0 Å².